The highest BCUT2D eigenvalue weighted by molar-refractivity contribution is 8.00. The van der Waals surface area contributed by atoms with Gasteiger partial charge in [-0.2, -0.15) is 0 Å². The lowest BCUT2D eigenvalue weighted by molar-refractivity contribution is 0.453. The number of fused-ring (bicyclic) bond motifs is 2. The summed E-state index contributed by atoms with van der Waals surface area (Å²) in [6.45, 7) is 4.51. The summed E-state index contributed by atoms with van der Waals surface area (Å²) in [4.78, 5) is 4.22. The lowest BCUT2D eigenvalue weighted by atomic mass is 10.2. The fraction of sp³-hybridized carbons (Fsp3) is 0.300. The van der Waals surface area contributed by atoms with Crippen LogP contribution in [0.1, 0.15) is 39.5 Å². The molecule has 0 unspecified atom stereocenters. The van der Waals surface area contributed by atoms with Gasteiger partial charge in [0.25, 0.3) is 0 Å². The second kappa shape index (κ2) is 7.06. The summed E-state index contributed by atoms with van der Waals surface area (Å²) in [5.41, 5.74) is 0. The van der Waals surface area contributed by atoms with Crippen molar-refractivity contribution in [3.63, 3.8) is 0 Å². The van der Waals surface area contributed by atoms with Gasteiger partial charge in [0.05, 0.1) is 0 Å². The molecule has 0 bridgehead atoms. The average molecular weight is 311 g/mol. The number of allylic oxidation sites excluding steroid dienone is 2. The van der Waals surface area contributed by atoms with Crippen LogP contribution in [0.5, 0.6) is 11.5 Å². The van der Waals surface area contributed by atoms with Gasteiger partial charge >= 0.3 is 0 Å². The molecule has 1 aliphatic rings. The van der Waals surface area contributed by atoms with E-state index in [1.54, 1.807) is 4.91 Å². The van der Waals surface area contributed by atoms with Crippen LogP contribution in [-0.4, -0.2) is 0 Å². The first-order valence-corrected chi connectivity index (χ1v) is 9.36. The van der Waals surface area contributed by atoms with E-state index in [0.29, 0.717) is 0 Å². The van der Waals surface area contributed by atoms with Gasteiger partial charge in [-0.25, -0.2) is 0 Å². The van der Waals surface area contributed by atoms with Crippen LogP contribution in [0.2, 0.25) is 0 Å². The van der Waals surface area contributed by atoms with Crippen LogP contribution >= 0.6 is 0 Å². The summed E-state index contributed by atoms with van der Waals surface area (Å²) < 4.78 is 6.12. The van der Waals surface area contributed by atoms with E-state index >= 15 is 0 Å². The van der Waals surface area contributed by atoms with Crippen LogP contribution in [0.4, 0.5) is 0 Å². The monoisotopic (exact) mass is 311 g/mol. The van der Waals surface area contributed by atoms with Crippen molar-refractivity contribution in [1.82, 2.24) is 0 Å². The zero-order chi connectivity index (χ0) is 15.4. The van der Waals surface area contributed by atoms with E-state index in [2.05, 4.69) is 68.5 Å². The summed E-state index contributed by atoms with van der Waals surface area (Å²) in [5, 5.41) is 0. The molecule has 0 aromatic heterocycles. The standard InChI is InChI=1S/C20H23OS/c1-3-5-11-16(10-4-2)22-19-14-8-6-12-17(19)21-18-13-7-9-15-20(18)22/h6-9,11-15H,3-5,10H2,1-2H3/q+1/b16-11-. The SMILES string of the molecule is CCC/C=C(/CCC)[S+]1c2ccccc2Oc2ccccc21. The highest BCUT2D eigenvalue weighted by Gasteiger charge is 2.39. The number of ether oxygens (including phenoxy) is 1. The second-order valence-corrected chi connectivity index (χ2v) is 7.53. The van der Waals surface area contributed by atoms with Crippen molar-refractivity contribution in [3.05, 3.63) is 59.5 Å². The number of hydrogen-bond acceptors (Lipinski definition) is 1. The Morgan fingerprint density at radius 1 is 0.909 bits per heavy atom. The van der Waals surface area contributed by atoms with Crippen molar-refractivity contribution >= 4 is 10.9 Å². The summed E-state index contributed by atoms with van der Waals surface area (Å²) in [6.07, 6.45) is 7.16. The van der Waals surface area contributed by atoms with Crippen molar-refractivity contribution in [3.8, 4) is 11.5 Å². The van der Waals surface area contributed by atoms with E-state index in [0.717, 1.165) is 24.3 Å². The molecule has 0 fully saturated rings. The van der Waals surface area contributed by atoms with E-state index < -0.39 is 0 Å². The Balaban J connectivity index is 2.12. The van der Waals surface area contributed by atoms with Crippen LogP contribution in [-0.2, 0) is 10.9 Å². The van der Waals surface area contributed by atoms with Gasteiger partial charge in [-0.15, -0.1) is 0 Å². The van der Waals surface area contributed by atoms with Crippen LogP contribution < -0.4 is 4.74 Å². The fourth-order valence-electron chi connectivity index (χ4n) is 2.76. The largest absolute Gasteiger partial charge is 0.447 e. The lowest BCUT2D eigenvalue weighted by Crippen LogP contribution is -2.14. The van der Waals surface area contributed by atoms with Crippen LogP contribution in [0.25, 0.3) is 0 Å². The molecule has 0 spiro atoms. The fourth-order valence-corrected chi connectivity index (χ4v) is 5.31. The normalized spacial score (nSPS) is 14.2. The van der Waals surface area contributed by atoms with Gasteiger partial charge in [-0.3, -0.25) is 0 Å². The zero-order valence-corrected chi connectivity index (χ0v) is 14.2. The van der Waals surface area contributed by atoms with Crippen LogP contribution in [0.3, 0.4) is 0 Å². The number of benzene rings is 2. The van der Waals surface area contributed by atoms with Crippen molar-refractivity contribution < 1.29 is 4.74 Å². The Hall–Kier alpha value is -1.67. The highest BCUT2D eigenvalue weighted by Crippen LogP contribution is 2.47. The van der Waals surface area contributed by atoms with Crippen molar-refractivity contribution in [1.29, 1.82) is 0 Å². The van der Waals surface area contributed by atoms with Crippen LogP contribution in [0.15, 0.2) is 69.3 Å². The zero-order valence-electron chi connectivity index (χ0n) is 13.3. The van der Waals surface area contributed by atoms with Crippen molar-refractivity contribution in [2.24, 2.45) is 0 Å². The molecular formula is C20H23OS+. The molecule has 2 aromatic rings. The van der Waals surface area contributed by atoms with Gasteiger partial charge in [0.1, 0.15) is 15.8 Å². The van der Waals surface area contributed by atoms with E-state index in [-0.39, 0.29) is 10.9 Å². The number of rotatable bonds is 5. The molecular weight excluding hydrogens is 288 g/mol. The Bertz CT molecular complexity index is 629. The first kappa shape index (κ1) is 15.2. The first-order chi connectivity index (χ1) is 10.8. The van der Waals surface area contributed by atoms with E-state index in [1.807, 2.05) is 0 Å². The van der Waals surface area contributed by atoms with E-state index in [9.17, 15) is 0 Å². The van der Waals surface area contributed by atoms with Crippen molar-refractivity contribution in [2.75, 3.05) is 0 Å². The summed E-state index contributed by atoms with van der Waals surface area (Å²) in [5.74, 6) is 2.03. The summed E-state index contributed by atoms with van der Waals surface area (Å²) in [6, 6.07) is 17.0. The summed E-state index contributed by atoms with van der Waals surface area (Å²) in [7, 11) is 0.00242. The number of para-hydroxylation sites is 2. The maximum atomic E-state index is 6.12. The molecule has 0 atom stereocenters. The van der Waals surface area contributed by atoms with Crippen LogP contribution in [0, 0.1) is 0 Å². The Kier molecular flexibility index (Phi) is 4.89. The number of hydrogen-bond donors (Lipinski definition) is 0. The number of unbranched alkanes of at least 4 members (excludes halogenated alkanes) is 1. The molecule has 0 saturated carbocycles. The molecule has 1 aliphatic heterocycles. The molecule has 2 heteroatoms. The van der Waals surface area contributed by atoms with Gasteiger partial charge in [-0.1, -0.05) is 44.5 Å². The van der Waals surface area contributed by atoms with Gasteiger partial charge in [-0.05, 0) is 43.2 Å². The smallest absolute Gasteiger partial charge is 0.208 e. The molecule has 0 amide bonds. The third kappa shape index (κ3) is 2.93. The minimum atomic E-state index is 0.00242. The van der Waals surface area contributed by atoms with Gasteiger partial charge in [0.15, 0.2) is 11.5 Å². The minimum Gasteiger partial charge on any atom is -0.447 e. The van der Waals surface area contributed by atoms with Gasteiger partial charge in [0, 0.05) is 6.42 Å². The molecule has 2 aromatic carbocycles. The predicted molar refractivity (Wildman–Crippen MR) is 94.8 cm³/mol. The molecule has 0 aliphatic carbocycles. The Morgan fingerprint density at radius 3 is 2.05 bits per heavy atom. The molecule has 22 heavy (non-hydrogen) atoms. The Labute approximate surface area is 136 Å². The second-order valence-electron chi connectivity index (χ2n) is 5.51. The molecule has 0 radical (unpaired) electrons. The maximum absolute atomic E-state index is 6.12. The molecule has 0 saturated heterocycles. The molecule has 3 rings (SSSR count). The predicted octanol–water partition coefficient (Wildman–Crippen LogP) is 6.31. The highest BCUT2D eigenvalue weighted by atomic mass is 32.2. The van der Waals surface area contributed by atoms with Gasteiger partial charge in [0.2, 0.25) is 9.79 Å². The third-order valence-electron chi connectivity index (χ3n) is 3.78. The Morgan fingerprint density at radius 2 is 1.50 bits per heavy atom. The molecule has 1 nitrogen and oxygen atoms in total. The topological polar surface area (TPSA) is 9.23 Å². The van der Waals surface area contributed by atoms with E-state index in [1.165, 1.54) is 22.6 Å². The lowest BCUT2D eigenvalue weighted by Gasteiger charge is -2.21. The average Bonchev–Trinajstić information content (AvgIpc) is 2.56. The quantitative estimate of drug-likeness (QED) is 0.588. The molecule has 0 N–H and O–H groups in total. The van der Waals surface area contributed by atoms with E-state index in [4.69, 9.17) is 4.74 Å². The summed E-state index contributed by atoms with van der Waals surface area (Å²) >= 11 is 0. The molecule has 1 heterocycles. The molecule has 114 valence electrons. The minimum absolute atomic E-state index is 0.00242. The maximum Gasteiger partial charge on any atom is 0.208 e. The third-order valence-corrected chi connectivity index (χ3v) is 6.23. The first-order valence-electron chi connectivity index (χ1n) is 8.14. The van der Waals surface area contributed by atoms with Gasteiger partial charge < -0.3 is 4.74 Å². The van der Waals surface area contributed by atoms with Crippen molar-refractivity contribution in [2.45, 2.75) is 49.3 Å².